The molecule has 2 amide bonds. The standard InChI is InChI=1S/C14H29N3O2/c1-5-6-17(10-13(18)16-4)14(19)8-12(9-15)7-11(2)3/h11-12H,5-10,15H2,1-4H3,(H,16,18)/t12-/m0/s1. The maximum atomic E-state index is 12.2. The average Bonchev–Trinajstić information content (AvgIpc) is 2.36. The van der Waals surface area contributed by atoms with Crippen LogP contribution < -0.4 is 11.1 Å². The van der Waals surface area contributed by atoms with Gasteiger partial charge in [-0.05, 0) is 31.2 Å². The summed E-state index contributed by atoms with van der Waals surface area (Å²) in [5.74, 6) is 0.632. The van der Waals surface area contributed by atoms with E-state index in [1.807, 2.05) is 6.92 Å². The minimum atomic E-state index is -0.130. The average molecular weight is 271 g/mol. The Balaban J connectivity index is 4.48. The number of amides is 2. The fourth-order valence-corrected chi connectivity index (χ4v) is 2.12. The van der Waals surface area contributed by atoms with Crippen LogP contribution in [0.15, 0.2) is 0 Å². The molecule has 0 aliphatic carbocycles. The zero-order valence-corrected chi connectivity index (χ0v) is 12.7. The Morgan fingerprint density at radius 1 is 1.32 bits per heavy atom. The fraction of sp³-hybridized carbons (Fsp3) is 0.857. The second-order valence-corrected chi connectivity index (χ2v) is 5.42. The molecular formula is C14H29N3O2. The Bertz CT molecular complexity index is 280. The van der Waals surface area contributed by atoms with Gasteiger partial charge in [0, 0.05) is 20.0 Å². The zero-order valence-electron chi connectivity index (χ0n) is 12.7. The topological polar surface area (TPSA) is 75.4 Å². The number of hydrogen-bond acceptors (Lipinski definition) is 3. The summed E-state index contributed by atoms with van der Waals surface area (Å²) in [6, 6.07) is 0. The van der Waals surface area contributed by atoms with Gasteiger partial charge in [-0.2, -0.15) is 0 Å². The highest BCUT2D eigenvalue weighted by molar-refractivity contribution is 5.84. The van der Waals surface area contributed by atoms with Crippen molar-refractivity contribution in [2.24, 2.45) is 17.6 Å². The van der Waals surface area contributed by atoms with Gasteiger partial charge in [0.15, 0.2) is 0 Å². The van der Waals surface area contributed by atoms with Gasteiger partial charge in [0.25, 0.3) is 0 Å². The second-order valence-electron chi connectivity index (χ2n) is 5.42. The van der Waals surface area contributed by atoms with Gasteiger partial charge in [0.2, 0.25) is 11.8 Å². The van der Waals surface area contributed by atoms with Crippen LogP contribution in [0.25, 0.3) is 0 Å². The van der Waals surface area contributed by atoms with Gasteiger partial charge in [-0.1, -0.05) is 20.8 Å². The third-order valence-corrected chi connectivity index (χ3v) is 3.06. The lowest BCUT2D eigenvalue weighted by atomic mass is 9.93. The number of nitrogens with one attached hydrogen (secondary N) is 1. The normalized spacial score (nSPS) is 12.3. The van der Waals surface area contributed by atoms with E-state index in [9.17, 15) is 9.59 Å². The maximum Gasteiger partial charge on any atom is 0.239 e. The van der Waals surface area contributed by atoms with E-state index in [2.05, 4.69) is 19.2 Å². The molecule has 0 aromatic heterocycles. The van der Waals surface area contributed by atoms with E-state index in [0.29, 0.717) is 25.4 Å². The van der Waals surface area contributed by atoms with Gasteiger partial charge in [0.05, 0.1) is 6.54 Å². The molecule has 0 spiro atoms. The molecule has 0 unspecified atom stereocenters. The highest BCUT2D eigenvalue weighted by Gasteiger charge is 2.20. The molecule has 5 heteroatoms. The second kappa shape index (κ2) is 9.78. The van der Waals surface area contributed by atoms with Crippen molar-refractivity contribution in [3.05, 3.63) is 0 Å². The summed E-state index contributed by atoms with van der Waals surface area (Å²) in [7, 11) is 1.58. The SMILES string of the molecule is CCCN(CC(=O)NC)C(=O)C[C@@H](CN)CC(C)C. The van der Waals surface area contributed by atoms with Crippen molar-refractivity contribution in [2.45, 2.75) is 40.0 Å². The van der Waals surface area contributed by atoms with Gasteiger partial charge in [-0.3, -0.25) is 9.59 Å². The van der Waals surface area contributed by atoms with Crippen molar-refractivity contribution in [3.63, 3.8) is 0 Å². The summed E-state index contributed by atoms with van der Waals surface area (Å²) in [6.07, 6.45) is 2.23. The summed E-state index contributed by atoms with van der Waals surface area (Å²) in [5.41, 5.74) is 5.72. The zero-order chi connectivity index (χ0) is 14.8. The molecule has 0 rings (SSSR count). The predicted octanol–water partition coefficient (Wildman–Crippen LogP) is 0.982. The first-order valence-electron chi connectivity index (χ1n) is 7.12. The largest absolute Gasteiger partial charge is 0.358 e. The van der Waals surface area contributed by atoms with Crippen LogP contribution in [0.1, 0.15) is 40.0 Å². The Morgan fingerprint density at radius 3 is 2.37 bits per heavy atom. The quantitative estimate of drug-likeness (QED) is 0.656. The molecule has 112 valence electrons. The molecule has 0 saturated heterocycles. The van der Waals surface area contributed by atoms with Gasteiger partial charge >= 0.3 is 0 Å². The molecule has 0 aliphatic heterocycles. The molecule has 0 radical (unpaired) electrons. The number of rotatable bonds is 9. The molecule has 0 aromatic rings. The number of carbonyl (C=O) groups excluding carboxylic acids is 2. The first-order valence-corrected chi connectivity index (χ1v) is 7.12. The Kier molecular flexibility index (Phi) is 9.21. The number of nitrogens with two attached hydrogens (primary N) is 1. The minimum Gasteiger partial charge on any atom is -0.358 e. The van der Waals surface area contributed by atoms with Crippen molar-refractivity contribution in [1.82, 2.24) is 10.2 Å². The van der Waals surface area contributed by atoms with Crippen LogP contribution in [-0.2, 0) is 9.59 Å². The van der Waals surface area contributed by atoms with E-state index in [-0.39, 0.29) is 24.3 Å². The highest BCUT2D eigenvalue weighted by atomic mass is 16.2. The van der Waals surface area contributed by atoms with E-state index in [0.717, 1.165) is 12.8 Å². The molecule has 19 heavy (non-hydrogen) atoms. The maximum absolute atomic E-state index is 12.2. The predicted molar refractivity (Wildman–Crippen MR) is 77.6 cm³/mol. The molecule has 1 atom stereocenters. The molecule has 3 N–H and O–H groups in total. The van der Waals surface area contributed by atoms with Crippen LogP contribution >= 0.6 is 0 Å². The van der Waals surface area contributed by atoms with E-state index in [4.69, 9.17) is 5.73 Å². The van der Waals surface area contributed by atoms with E-state index < -0.39 is 0 Å². The lowest BCUT2D eigenvalue weighted by Gasteiger charge is -2.24. The minimum absolute atomic E-state index is 0.0292. The Hall–Kier alpha value is -1.10. The van der Waals surface area contributed by atoms with Crippen LogP contribution in [0.4, 0.5) is 0 Å². The lowest BCUT2D eigenvalue weighted by molar-refractivity contribution is -0.136. The summed E-state index contributed by atoms with van der Waals surface area (Å²) in [5, 5.41) is 2.55. The van der Waals surface area contributed by atoms with Gasteiger partial charge in [-0.15, -0.1) is 0 Å². The van der Waals surface area contributed by atoms with Crippen molar-refractivity contribution < 1.29 is 9.59 Å². The molecular weight excluding hydrogens is 242 g/mol. The van der Waals surface area contributed by atoms with Crippen LogP contribution in [0.3, 0.4) is 0 Å². The monoisotopic (exact) mass is 271 g/mol. The van der Waals surface area contributed by atoms with Crippen LogP contribution in [0, 0.1) is 11.8 Å². The highest BCUT2D eigenvalue weighted by Crippen LogP contribution is 2.15. The molecule has 0 aromatic carbocycles. The molecule has 0 saturated carbocycles. The molecule has 0 aliphatic rings. The third-order valence-electron chi connectivity index (χ3n) is 3.06. The van der Waals surface area contributed by atoms with E-state index >= 15 is 0 Å². The number of hydrogen-bond donors (Lipinski definition) is 2. The first-order chi connectivity index (χ1) is 8.94. The molecule has 0 heterocycles. The third kappa shape index (κ3) is 7.82. The van der Waals surface area contributed by atoms with E-state index in [1.165, 1.54) is 0 Å². The Labute approximate surface area is 116 Å². The van der Waals surface area contributed by atoms with Crippen molar-refractivity contribution in [2.75, 3.05) is 26.7 Å². The van der Waals surface area contributed by atoms with Crippen molar-refractivity contribution >= 4 is 11.8 Å². The van der Waals surface area contributed by atoms with E-state index in [1.54, 1.807) is 11.9 Å². The summed E-state index contributed by atoms with van der Waals surface area (Å²) < 4.78 is 0. The number of carbonyl (C=O) groups is 2. The lowest BCUT2D eigenvalue weighted by Crippen LogP contribution is -2.41. The summed E-state index contributed by atoms with van der Waals surface area (Å²) in [4.78, 5) is 25.3. The van der Waals surface area contributed by atoms with Crippen molar-refractivity contribution in [1.29, 1.82) is 0 Å². The molecule has 0 fully saturated rings. The van der Waals surface area contributed by atoms with Crippen LogP contribution in [-0.4, -0.2) is 43.4 Å². The number of nitrogens with zero attached hydrogens (tertiary/aromatic N) is 1. The summed E-state index contributed by atoms with van der Waals surface area (Å²) in [6.45, 7) is 7.53. The molecule has 0 bridgehead atoms. The molecule has 5 nitrogen and oxygen atoms in total. The van der Waals surface area contributed by atoms with Crippen LogP contribution in [0.2, 0.25) is 0 Å². The van der Waals surface area contributed by atoms with Gasteiger partial charge in [0.1, 0.15) is 0 Å². The Morgan fingerprint density at radius 2 is 1.95 bits per heavy atom. The van der Waals surface area contributed by atoms with Crippen molar-refractivity contribution in [3.8, 4) is 0 Å². The summed E-state index contributed by atoms with van der Waals surface area (Å²) >= 11 is 0. The fourth-order valence-electron chi connectivity index (χ4n) is 2.12. The van der Waals surface area contributed by atoms with Gasteiger partial charge < -0.3 is 16.0 Å². The number of likely N-dealkylation sites (N-methyl/N-ethyl adjacent to an activating group) is 1. The van der Waals surface area contributed by atoms with Crippen LogP contribution in [0.5, 0.6) is 0 Å². The van der Waals surface area contributed by atoms with Gasteiger partial charge in [-0.25, -0.2) is 0 Å². The smallest absolute Gasteiger partial charge is 0.239 e. The first kappa shape index (κ1) is 17.9.